The average molecular weight is 340 g/mol. The number of fused-ring (bicyclic) bond motifs is 1. The van der Waals surface area contributed by atoms with Crippen LogP contribution in [-0.4, -0.2) is 25.8 Å². The van der Waals surface area contributed by atoms with Gasteiger partial charge in [-0.05, 0) is 37.3 Å². The second-order valence-corrected chi connectivity index (χ2v) is 7.83. The lowest BCUT2D eigenvalue weighted by Gasteiger charge is -2.33. The van der Waals surface area contributed by atoms with Crippen molar-refractivity contribution in [1.29, 1.82) is 0 Å². The van der Waals surface area contributed by atoms with Crippen molar-refractivity contribution in [3.8, 4) is 0 Å². The first-order valence-electron chi connectivity index (χ1n) is 6.79. The molecule has 0 saturated carbocycles. The van der Waals surface area contributed by atoms with E-state index in [0.717, 1.165) is 12.0 Å². The molecule has 8 heteroatoms. The summed E-state index contributed by atoms with van der Waals surface area (Å²) >= 11 is 1.69. The third kappa shape index (κ3) is 2.47. The van der Waals surface area contributed by atoms with Gasteiger partial charge in [0.2, 0.25) is 10.0 Å². The van der Waals surface area contributed by atoms with Crippen LogP contribution in [0.1, 0.15) is 39.7 Å². The van der Waals surface area contributed by atoms with E-state index in [1.807, 2.05) is 18.4 Å². The number of rotatable bonds is 2. The summed E-state index contributed by atoms with van der Waals surface area (Å²) in [6.07, 6.45) is 0.796. The molecule has 0 bridgehead atoms. The highest BCUT2D eigenvalue weighted by Crippen LogP contribution is 2.34. The number of primary sulfonamides is 1. The fourth-order valence-electron chi connectivity index (χ4n) is 2.78. The van der Waals surface area contributed by atoms with Crippen LogP contribution in [0.2, 0.25) is 0 Å². The second kappa shape index (κ2) is 5.22. The fourth-order valence-corrected chi connectivity index (χ4v) is 4.46. The average Bonchev–Trinajstić information content (AvgIpc) is 3.04. The zero-order valence-electron chi connectivity index (χ0n) is 12.2. The summed E-state index contributed by atoms with van der Waals surface area (Å²) in [7, 11) is -3.89. The number of hydrogen-bond acceptors (Lipinski definition) is 5. The predicted octanol–water partition coefficient (Wildman–Crippen LogP) is 2.06. The quantitative estimate of drug-likeness (QED) is 0.905. The Morgan fingerprint density at radius 3 is 2.86 bits per heavy atom. The molecule has 1 aliphatic heterocycles. The van der Waals surface area contributed by atoms with Crippen molar-refractivity contribution in [3.63, 3.8) is 0 Å². The highest BCUT2D eigenvalue weighted by molar-refractivity contribution is 7.89. The zero-order valence-corrected chi connectivity index (χ0v) is 13.8. The minimum absolute atomic E-state index is 0.00653. The number of hydrogen-bond donors (Lipinski definition) is 1. The molecule has 0 radical (unpaired) electrons. The molecule has 3 rings (SSSR count). The van der Waals surface area contributed by atoms with Crippen molar-refractivity contribution in [2.75, 3.05) is 6.54 Å². The molecule has 1 atom stereocenters. The third-order valence-corrected chi connectivity index (χ3v) is 5.94. The standard InChI is InChI=1S/C14H16N2O4S2/c1-8-10-4-6-21-12(10)3-5-16(8)14(17)11-7-13(9(2)20-11)22(15,18)19/h4,6-8H,3,5H2,1-2H3,(H2,15,18,19)/t8-/m0/s1. The zero-order chi connectivity index (χ0) is 16.1. The van der Waals surface area contributed by atoms with Crippen LogP contribution in [0.3, 0.4) is 0 Å². The molecule has 0 fully saturated rings. The number of carbonyl (C=O) groups excluding carboxylic acids is 1. The summed E-state index contributed by atoms with van der Waals surface area (Å²) in [6.45, 7) is 4.02. The van der Waals surface area contributed by atoms with Crippen molar-refractivity contribution < 1.29 is 17.6 Å². The molecule has 2 aromatic heterocycles. The first kappa shape index (κ1) is 15.3. The Labute approximate surface area is 132 Å². The molecule has 22 heavy (non-hydrogen) atoms. The Balaban J connectivity index is 1.93. The molecule has 0 unspecified atom stereocenters. The van der Waals surface area contributed by atoms with Crippen LogP contribution in [-0.2, 0) is 16.4 Å². The van der Waals surface area contributed by atoms with Gasteiger partial charge in [0.05, 0.1) is 6.04 Å². The molecule has 3 heterocycles. The molecule has 0 saturated heterocycles. The number of furan rings is 1. The predicted molar refractivity (Wildman–Crippen MR) is 82.3 cm³/mol. The molecular formula is C14H16N2O4S2. The van der Waals surface area contributed by atoms with Gasteiger partial charge >= 0.3 is 0 Å². The Bertz CT molecular complexity index is 835. The molecule has 1 amide bonds. The SMILES string of the molecule is Cc1oc(C(=O)N2CCc3sccc3[C@@H]2C)cc1S(N)(=O)=O. The van der Waals surface area contributed by atoms with Crippen molar-refractivity contribution in [3.05, 3.63) is 39.5 Å². The van der Waals surface area contributed by atoms with Gasteiger partial charge in [-0.25, -0.2) is 13.6 Å². The summed E-state index contributed by atoms with van der Waals surface area (Å²) < 4.78 is 28.2. The topological polar surface area (TPSA) is 93.6 Å². The van der Waals surface area contributed by atoms with Crippen LogP contribution in [0.15, 0.2) is 26.8 Å². The number of aryl methyl sites for hydroxylation is 1. The van der Waals surface area contributed by atoms with Crippen LogP contribution in [0.4, 0.5) is 0 Å². The van der Waals surface area contributed by atoms with Gasteiger partial charge in [-0.2, -0.15) is 0 Å². The van der Waals surface area contributed by atoms with Gasteiger partial charge in [0, 0.05) is 17.5 Å². The van der Waals surface area contributed by atoms with Gasteiger partial charge < -0.3 is 9.32 Å². The van der Waals surface area contributed by atoms with Crippen LogP contribution in [0, 0.1) is 6.92 Å². The van der Waals surface area contributed by atoms with E-state index in [1.165, 1.54) is 17.9 Å². The van der Waals surface area contributed by atoms with Gasteiger partial charge in [-0.15, -0.1) is 11.3 Å². The fraction of sp³-hybridized carbons (Fsp3) is 0.357. The summed E-state index contributed by atoms with van der Waals surface area (Å²) in [4.78, 5) is 15.5. The molecule has 0 aromatic carbocycles. The maximum Gasteiger partial charge on any atom is 0.290 e. The van der Waals surface area contributed by atoms with Gasteiger partial charge in [-0.1, -0.05) is 0 Å². The molecule has 0 spiro atoms. The first-order valence-corrected chi connectivity index (χ1v) is 9.22. The van der Waals surface area contributed by atoms with Crippen molar-refractivity contribution in [2.24, 2.45) is 5.14 Å². The van der Waals surface area contributed by atoms with Crippen molar-refractivity contribution >= 4 is 27.3 Å². The van der Waals surface area contributed by atoms with Crippen LogP contribution in [0.5, 0.6) is 0 Å². The number of nitrogens with zero attached hydrogens (tertiary/aromatic N) is 1. The monoisotopic (exact) mass is 340 g/mol. The highest BCUT2D eigenvalue weighted by atomic mass is 32.2. The van der Waals surface area contributed by atoms with Gasteiger partial charge in [0.1, 0.15) is 10.7 Å². The molecule has 0 aliphatic carbocycles. The van der Waals surface area contributed by atoms with E-state index in [4.69, 9.17) is 9.56 Å². The van der Waals surface area contributed by atoms with E-state index in [-0.39, 0.29) is 28.4 Å². The lowest BCUT2D eigenvalue weighted by molar-refractivity contribution is 0.0645. The van der Waals surface area contributed by atoms with E-state index < -0.39 is 10.0 Å². The smallest absolute Gasteiger partial charge is 0.290 e. The Morgan fingerprint density at radius 2 is 2.23 bits per heavy atom. The minimum Gasteiger partial charge on any atom is -0.455 e. The van der Waals surface area contributed by atoms with Crippen molar-refractivity contribution in [1.82, 2.24) is 4.90 Å². The van der Waals surface area contributed by atoms with Crippen LogP contribution >= 0.6 is 11.3 Å². The van der Waals surface area contributed by atoms with Gasteiger partial charge in [0.25, 0.3) is 5.91 Å². The number of amides is 1. The van der Waals surface area contributed by atoms with Crippen molar-refractivity contribution in [2.45, 2.75) is 31.2 Å². The van der Waals surface area contributed by atoms with E-state index in [2.05, 4.69) is 0 Å². The van der Waals surface area contributed by atoms with Gasteiger partial charge in [-0.3, -0.25) is 4.79 Å². The van der Waals surface area contributed by atoms with E-state index in [9.17, 15) is 13.2 Å². The summed E-state index contributed by atoms with van der Waals surface area (Å²) in [5.41, 5.74) is 1.14. The molecule has 118 valence electrons. The summed E-state index contributed by atoms with van der Waals surface area (Å²) in [6, 6.07) is 3.17. The minimum atomic E-state index is -3.89. The second-order valence-electron chi connectivity index (χ2n) is 5.30. The molecule has 1 aliphatic rings. The lowest BCUT2D eigenvalue weighted by atomic mass is 10.0. The van der Waals surface area contributed by atoms with Crippen LogP contribution < -0.4 is 5.14 Å². The number of thiophene rings is 1. The summed E-state index contributed by atoms with van der Waals surface area (Å²) in [5, 5.41) is 7.13. The van der Waals surface area contributed by atoms with E-state index in [1.54, 1.807) is 16.2 Å². The highest BCUT2D eigenvalue weighted by Gasteiger charge is 2.31. The Kier molecular flexibility index (Phi) is 3.62. The van der Waals surface area contributed by atoms with E-state index in [0.29, 0.717) is 6.54 Å². The number of nitrogens with two attached hydrogens (primary N) is 1. The third-order valence-electron chi connectivity index (χ3n) is 3.93. The molecule has 2 N–H and O–H groups in total. The maximum atomic E-state index is 12.6. The number of carbonyl (C=O) groups is 1. The van der Waals surface area contributed by atoms with Crippen LogP contribution in [0.25, 0.3) is 0 Å². The largest absolute Gasteiger partial charge is 0.455 e. The number of sulfonamides is 1. The molecular weight excluding hydrogens is 324 g/mol. The maximum absolute atomic E-state index is 12.6. The Hall–Kier alpha value is -1.64. The Morgan fingerprint density at radius 1 is 1.50 bits per heavy atom. The summed E-state index contributed by atoms with van der Waals surface area (Å²) in [5.74, 6) is -0.180. The molecule has 2 aromatic rings. The lowest BCUT2D eigenvalue weighted by Crippen LogP contribution is -2.38. The van der Waals surface area contributed by atoms with E-state index >= 15 is 0 Å². The first-order chi connectivity index (χ1) is 10.3. The normalized spacial score (nSPS) is 18.3. The molecule has 6 nitrogen and oxygen atoms in total. The van der Waals surface area contributed by atoms with Gasteiger partial charge in [0.15, 0.2) is 5.76 Å².